The van der Waals surface area contributed by atoms with E-state index in [1.807, 2.05) is 42.5 Å². The van der Waals surface area contributed by atoms with Crippen molar-refractivity contribution in [1.29, 1.82) is 0 Å². The van der Waals surface area contributed by atoms with Gasteiger partial charge in [-0.1, -0.05) is 67.5 Å². The van der Waals surface area contributed by atoms with Crippen molar-refractivity contribution in [2.75, 3.05) is 19.0 Å². The summed E-state index contributed by atoms with van der Waals surface area (Å²) >= 11 is 6.86. The molecule has 2 aromatic rings. The normalized spacial score (nSPS) is 18.0. The van der Waals surface area contributed by atoms with Crippen LogP contribution in [0.15, 0.2) is 53.4 Å². The third-order valence-electron chi connectivity index (χ3n) is 5.67. The maximum Gasteiger partial charge on any atom is 0.266 e. The average Bonchev–Trinajstić information content (AvgIpc) is 3.11. The average molecular weight is 483 g/mol. The van der Waals surface area contributed by atoms with Crippen LogP contribution in [0.3, 0.4) is 0 Å². The van der Waals surface area contributed by atoms with E-state index >= 15 is 0 Å². The smallest absolute Gasteiger partial charge is 0.266 e. The highest BCUT2D eigenvalue weighted by Crippen LogP contribution is 2.38. The molecule has 8 heteroatoms. The first kappa shape index (κ1) is 23.3. The monoisotopic (exact) mass is 482 g/mol. The van der Waals surface area contributed by atoms with Gasteiger partial charge < -0.3 is 14.8 Å². The van der Waals surface area contributed by atoms with Gasteiger partial charge in [0.25, 0.3) is 11.8 Å². The molecule has 172 valence electrons. The Morgan fingerprint density at radius 1 is 1.15 bits per heavy atom. The number of thioether (sulfide) groups is 1. The van der Waals surface area contributed by atoms with E-state index in [9.17, 15) is 9.59 Å². The second kappa shape index (κ2) is 10.9. The lowest BCUT2D eigenvalue weighted by molar-refractivity contribution is -0.124. The van der Waals surface area contributed by atoms with E-state index in [4.69, 9.17) is 21.7 Å². The molecule has 1 aliphatic carbocycles. The SMILES string of the molecule is COc1cc(C=C2SC(=S)N(C3CCCCC3)C2=O)ccc1OCC(=O)Nc1ccccc1. The zero-order valence-electron chi connectivity index (χ0n) is 18.4. The van der Waals surface area contributed by atoms with Gasteiger partial charge in [-0.25, -0.2) is 0 Å². The van der Waals surface area contributed by atoms with E-state index in [1.165, 1.54) is 18.2 Å². The molecule has 2 aliphatic rings. The number of carbonyl (C=O) groups is 2. The lowest BCUT2D eigenvalue weighted by atomic mass is 9.94. The van der Waals surface area contributed by atoms with Gasteiger partial charge >= 0.3 is 0 Å². The first-order chi connectivity index (χ1) is 16.0. The first-order valence-electron chi connectivity index (χ1n) is 11.0. The number of thiocarbonyl (C=S) groups is 1. The largest absolute Gasteiger partial charge is 0.493 e. The number of methoxy groups -OCH3 is 1. The van der Waals surface area contributed by atoms with Gasteiger partial charge in [0, 0.05) is 11.7 Å². The van der Waals surface area contributed by atoms with Crippen LogP contribution in [0, 0.1) is 0 Å². The number of amides is 2. The van der Waals surface area contributed by atoms with Gasteiger partial charge in [-0.15, -0.1) is 0 Å². The predicted molar refractivity (Wildman–Crippen MR) is 135 cm³/mol. The van der Waals surface area contributed by atoms with E-state index in [1.54, 1.807) is 24.1 Å². The van der Waals surface area contributed by atoms with Crippen molar-refractivity contribution >= 4 is 51.9 Å². The number of nitrogens with one attached hydrogen (secondary N) is 1. The minimum Gasteiger partial charge on any atom is -0.493 e. The fourth-order valence-electron chi connectivity index (χ4n) is 4.04. The van der Waals surface area contributed by atoms with Gasteiger partial charge in [0.1, 0.15) is 4.32 Å². The standard InChI is InChI=1S/C25H26N2O4S2/c1-30-21-14-17(12-13-20(21)31-16-23(28)26-18-8-4-2-5-9-18)15-22-24(29)27(25(32)33-22)19-10-6-3-7-11-19/h2,4-5,8-9,12-15,19H,3,6-7,10-11,16H2,1H3,(H,26,28). The van der Waals surface area contributed by atoms with Crippen molar-refractivity contribution in [3.63, 3.8) is 0 Å². The number of anilines is 1. The van der Waals surface area contributed by atoms with Crippen LogP contribution in [0.2, 0.25) is 0 Å². The third-order valence-corrected chi connectivity index (χ3v) is 7.00. The Morgan fingerprint density at radius 3 is 2.64 bits per heavy atom. The van der Waals surface area contributed by atoms with Crippen molar-refractivity contribution in [1.82, 2.24) is 4.90 Å². The summed E-state index contributed by atoms with van der Waals surface area (Å²) in [7, 11) is 1.54. The lowest BCUT2D eigenvalue weighted by Gasteiger charge is -2.29. The van der Waals surface area contributed by atoms with Gasteiger partial charge in [-0.3, -0.25) is 14.5 Å². The number of benzene rings is 2. The molecule has 0 radical (unpaired) electrons. The molecule has 0 spiro atoms. The molecule has 1 N–H and O–H groups in total. The zero-order chi connectivity index (χ0) is 23.2. The van der Waals surface area contributed by atoms with Crippen LogP contribution < -0.4 is 14.8 Å². The summed E-state index contributed by atoms with van der Waals surface area (Å²) < 4.78 is 11.7. The highest BCUT2D eigenvalue weighted by Gasteiger charge is 2.37. The number of hydrogen-bond donors (Lipinski definition) is 1. The van der Waals surface area contributed by atoms with Gasteiger partial charge in [-0.05, 0) is 48.7 Å². The van der Waals surface area contributed by atoms with Crippen LogP contribution in [0.1, 0.15) is 37.7 Å². The van der Waals surface area contributed by atoms with Crippen molar-refractivity contribution in [2.24, 2.45) is 0 Å². The molecule has 6 nitrogen and oxygen atoms in total. The molecule has 0 unspecified atom stereocenters. The van der Waals surface area contributed by atoms with Crippen LogP contribution >= 0.6 is 24.0 Å². The van der Waals surface area contributed by atoms with E-state index in [-0.39, 0.29) is 24.5 Å². The van der Waals surface area contributed by atoms with Crippen molar-refractivity contribution in [2.45, 2.75) is 38.1 Å². The van der Waals surface area contributed by atoms with Gasteiger partial charge in [0.05, 0.1) is 12.0 Å². The molecule has 0 bridgehead atoms. The summed E-state index contributed by atoms with van der Waals surface area (Å²) in [4.78, 5) is 27.6. The van der Waals surface area contributed by atoms with Gasteiger partial charge in [0.2, 0.25) is 0 Å². The van der Waals surface area contributed by atoms with Crippen LogP contribution in [0.5, 0.6) is 11.5 Å². The Balaban J connectivity index is 1.42. The molecule has 2 amide bonds. The summed E-state index contributed by atoms with van der Waals surface area (Å²) in [6.07, 6.45) is 7.36. The second-order valence-corrected chi connectivity index (χ2v) is 9.63. The molecule has 0 atom stereocenters. The third kappa shape index (κ3) is 5.75. The van der Waals surface area contributed by atoms with Crippen LogP contribution in [-0.2, 0) is 9.59 Å². The zero-order valence-corrected chi connectivity index (χ0v) is 20.0. The molecular formula is C25H26N2O4S2. The van der Waals surface area contributed by atoms with Gasteiger partial charge in [-0.2, -0.15) is 0 Å². The molecular weight excluding hydrogens is 456 g/mol. The van der Waals surface area contributed by atoms with Crippen molar-refractivity contribution in [3.8, 4) is 11.5 Å². The van der Waals surface area contributed by atoms with Crippen LogP contribution in [0.25, 0.3) is 6.08 Å². The maximum atomic E-state index is 13.0. The maximum absolute atomic E-state index is 13.0. The Bertz CT molecular complexity index is 1070. The molecule has 1 heterocycles. The molecule has 33 heavy (non-hydrogen) atoms. The van der Waals surface area contributed by atoms with Crippen molar-refractivity contribution < 1.29 is 19.1 Å². The number of ether oxygens (including phenoxy) is 2. The van der Waals surface area contributed by atoms with Crippen molar-refractivity contribution in [3.05, 3.63) is 59.0 Å². The fourth-order valence-corrected chi connectivity index (χ4v) is 5.44. The summed E-state index contributed by atoms with van der Waals surface area (Å²) in [5.41, 5.74) is 1.51. The summed E-state index contributed by atoms with van der Waals surface area (Å²) in [6.45, 7) is -0.148. The molecule has 0 aromatic heterocycles. The summed E-state index contributed by atoms with van der Waals surface area (Å²) in [5, 5.41) is 2.78. The molecule has 2 fully saturated rings. The molecule has 1 saturated heterocycles. The molecule has 4 rings (SSSR count). The van der Waals surface area contributed by atoms with E-state index in [2.05, 4.69) is 5.32 Å². The number of nitrogens with zero attached hydrogens (tertiary/aromatic N) is 1. The Labute approximate surface area is 203 Å². The van der Waals surface area contributed by atoms with E-state index in [0.29, 0.717) is 26.4 Å². The van der Waals surface area contributed by atoms with E-state index in [0.717, 1.165) is 31.2 Å². The predicted octanol–water partition coefficient (Wildman–Crippen LogP) is 5.25. The second-order valence-electron chi connectivity index (χ2n) is 7.96. The molecule has 2 aromatic carbocycles. The Morgan fingerprint density at radius 2 is 1.91 bits per heavy atom. The first-order valence-corrected chi connectivity index (χ1v) is 12.2. The highest BCUT2D eigenvalue weighted by atomic mass is 32.2. The quantitative estimate of drug-likeness (QED) is 0.430. The molecule has 1 aliphatic heterocycles. The minimum atomic E-state index is -0.265. The minimum absolute atomic E-state index is 0.0197. The van der Waals surface area contributed by atoms with Crippen LogP contribution in [0.4, 0.5) is 5.69 Å². The van der Waals surface area contributed by atoms with E-state index < -0.39 is 0 Å². The fraction of sp³-hybridized carbons (Fsp3) is 0.320. The number of hydrogen-bond acceptors (Lipinski definition) is 6. The molecule has 1 saturated carbocycles. The summed E-state index contributed by atoms with van der Waals surface area (Å²) in [6, 6.07) is 14.8. The Hall–Kier alpha value is -2.84. The topological polar surface area (TPSA) is 67.9 Å². The Kier molecular flexibility index (Phi) is 7.67. The number of para-hydroxylation sites is 1. The summed E-state index contributed by atoms with van der Waals surface area (Å²) in [5.74, 6) is 0.652. The highest BCUT2D eigenvalue weighted by molar-refractivity contribution is 8.26. The van der Waals surface area contributed by atoms with Gasteiger partial charge in [0.15, 0.2) is 18.1 Å². The number of rotatable bonds is 7. The van der Waals surface area contributed by atoms with Crippen LogP contribution in [-0.4, -0.2) is 40.8 Å². The lowest BCUT2D eigenvalue weighted by Crippen LogP contribution is -2.39. The number of carbonyl (C=O) groups excluding carboxylic acids is 2.